The van der Waals surface area contributed by atoms with Crippen LogP contribution >= 0.6 is 0 Å². The lowest BCUT2D eigenvalue weighted by Gasteiger charge is -2.24. The van der Waals surface area contributed by atoms with E-state index in [1.165, 1.54) is 4.31 Å². The summed E-state index contributed by atoms with van der Waals surface area (Å²) in [5, 5.41) is 25.3. The average molecular weight is 324 g/mol. The molecule has 0 spiro atoms. The highest BCUT2D eigenvalue weighted by Crippen LogP contribution is 2.17. The Hall–Kier alpha value is -1.62. The van der Waals surface area contributed by atoms with Crippen LogP contribution in [0, 0.1) is 34.0 Å². The summed E-state index contributed by atoms with van der Waals surface area (Å²) in [7, 11) is -3.70. The minimum atomic E-state index is -3.70. The monoisotopic (exact) mass is 324 g/mol. The van der Waals surface area contributed by atoms with Crippen molar-refractivity contribution in [3.8, 4) is 18.2 Å². The van der Waals surface area contributed by atoms with Crippen molar-refractivity contribution in [2.24, 2.45) is 0 Å². The van der Waals surface area contributed by atoms with Crippen LogP contribution in [0.1, 0.15) is 58.3 Å². The molecule has 1 atom stereocenters. The number of hydrogen-bond donors (Lipinski definition) is 0. The first-order valence-corrected chi connectivity index (χ1v) is 9.17. The number of sulfonamides is 1. The zero-order valence-electron chi connectivity index (χ0n) is 13.2. The molecule has 7 heteroatoms. The fourth-order valence-electron chi connectivity index (χ4n) is 2.07. The number of nitrogens with zero attached hydrogens (tertiary/aromatic N) is 4. The summed E-state index contributed by atoms with van der Waals surface area (Å²) < 4.78 is 26.4. The Kier molecular flexibility index (Phi) is 11.1. The van der Waals surface area contributed by atoms with Gasteiger partial charge < -0.3 is 0 Å². The molecule has 0 aromatic rings. The molecule has 0 aliphatic heterocycles. The van der Waals surface area contributed by atoms with E-state index in [0.29, 0.717) is 25.7 Å². The highest BCUT2D eigenvalue weighted by atomic mass is 32.2. The van der Waals surface area contributed by atoms with Gasteiger partial charge in [0.25, 0.3) is 0 Å². The third-order valence-electron chi connectivity index (χ3n) is 3.33. The molecule has 1 unspecified atom stereocenters. The molecule has 0 rings (SSSR count). The van der Waals surface area contributed by atoms with Crippen LogP contribution in [0.5, 0.6) is 0 Å². The molecule has 0 saturated carbocycles. The summed E-state index contributed by atoms with van der Waals surface area (Å²) in [5.41, 5.74) is 0. The van der Waals surface area contributed by atoms with E-state index in [-0.39, 0.29) is 25.9 Å². The van der Waals surface area contributed by atoms with Gasteiger partial charge in [-0.2, -0.15) is 15.8 Å². The largest absolute Gasteiger partial charge is 0.230 e. The van der Waals surface area contributed by atoms with Crippen molar-refractivity contribution in [2.75, 3.05) is 13.1 Å². The van der Waals surface area contributed by atoms with Crippen molar-refractivity contribution in [2.45, 2.75) is 63.5 Å². The lowest BCUT2D eigenvalue weighted by molar-refractivity contribution is 0.396. The maximum Gasteiger partial charge on any atom is 0.230 e. The van der Waals surface area contributed by atoms with Crippen molar-refractivity contribution in [3.63, 3.8) is 0 Å². The van der Waals surface area contributed by atoms with Gasteiger partial charge in [-0.1, -0.05) is 26.2 Å². The summed E-state index contributed by atoms with van der Waals surface area (Å²) in [4.78, 5) is 0. The second-order valence-electron chi connectivity index (χ2n) is 5.08. The van der Waals surface area contributed by atoms with Gasteiger partial charge in [-0.25, -0.2) is 12.7 Å². The van der Waals surface area contributed by atoms with Crippen LogP contribution in [0.2, 0.25) is 0 Å². The summed E-state index contributed by atoms with van der Waals surface area (Å²) in [5.74, 6) is 0. The van der Waals surface area contributed by atoms with Crippen LogP contribution in [0.15, 0.2) is 0 Å². The topological polar surface area (TPSA) is 109 Å². The summed E-state index contributed by atoms with van der Waals surface area (Å²) in [6.45, 7) is 2.48. The number of unbranched alkanes of at least 4 members (excludes halogenated alkanes) is 4. The van der Waals surface area contributed by atoms with Crippen LogP contribution in [-0.2, 0) is 10.0 Å². The van der Waals surface area contributed by atoms with E-state index in [1.54, 1.807) is 0 Å². The standard InChI is InChI=1S/C15H24N4O2S/c1-2-3-4-9-15(14-18)22(20,21)19(12-7-5-10-16)13-8-6-11-17/h15H,2-9,12-13H2,1H3. The molecule has 0 heterocycles. The molecule has 0 radical (unpaired) electrons. The molecule has 0 aliphatic rings. The third kappa shape index (κ3) is 7.41. The quantitative estimate of drug-likeness (QED) is 0.513. The Morgan fingerprint density at radius 2 is 1.50 bits per heavy atom. The van der Waals surface area contributed by atoms with Crippen LogP contribution in [0.25, 0.3) is 0 Å². The predicted molar refractivity (Wildman–Crippen MR) is 83.7 cm³/mol. The molecule has 122 valence electrons. The molecule has 0 fully saturated rings. The zero-order chi connectivity index (χ0) is 16.8. The maximum absolute atomic E-state index is 12.6. The number of hydrogen-bond acceptors (Lipinski definition) is 5. The van der Waals surface area contributed by atoms with Crippen molar-refractivity contribution < 1.29 is 8.42 Å². The van der Waals surface area contributed by atoms with Crippen LogP contribution in [0.4, 0.5) is 0 Å². The fraction of sp³-hybridized carbons (Fsp3) is 0.800. The van der Waals surface area contributed by atoms with Crippen LogP contribution < -0.4 is 0 Å². The summed E-state index contributed by atoms with van der Waals surface area (Å²) >= 11 is 0. The number of nitriles is 3. The van der Waals surface area contributed by atoms with E-state index < -0.39 is 15.3 Å². The lowest BCUT2D eigenvalue weighted by atomic mass is 10.2. The van der Waals surface area contributed by atoms with Gasteiger partial charge in [0.05, 0.1) is 18.2 Å². The second kappa shape index (κ2) is 12.0. The molecule has 0 aliphatic carbocycles. The molecule has 0 amide bonds. The van der Waals surface area contributed by atoms with E-state index in [2.05, 4.69) is 0 Å². The molecule has 22 heavy (non-hydrogen) atoms. The predicted octanol–water partition coefficient (Wildman–Crippen LogP) is 2.70. The molecule has 0 aromatic heterocycles. The lowest BCUT2D eigenvalue weighted by Crippen LogP contribution is -2.39. The zero-order valence-corrected chi connectivity index (χ0v) is 14.0. The molecule has 0 aromatic carbocycles. The highest BCUT2D eigenvalue weighted by molar-refractivity contribution is 7.90. The smallest absolute Gasteiger partial charge is 0.211 e. The van der Waals surface area contributed by atoms with Gasteiger partial charge >= 0.3 is 0 Å². The fourth-order valence-corrected chi connectivity index (χ4v) is 3.80. The van der Waals surface area contributed by atoms with Gasteiger partial charge in [-0.15, -0.1) is 0 Å². The molecule has 0 bridgehead atoms. The SMILES string of the molecule is CCCCCC(C#N)S(=O)(=O)N(CCCC#N)CCCC#N. The molecule has 0 saturated heterocycles. The maximum atomic E-state index is 12.6. The van der Waals surface area contributed by atoms with Gasteiger partial charge in [0.2, 0.25) is 10.0 Å². The van der Waals surface area contributed by atoms with Crippen molar-refractivity contribution in [1.29, 1.82) is 15.8 Å². The van der Waals surface area contributed by atoms with Crippen molar-refractivity contribution in [1.82, 2.24) is 4.31 Å². The van der Waals surface area contributed by atoms with Gasteiger partial charge in [0.15, 0.2) is 5.25 Å². The van der Waals surface area contributed by atoms with E-state index in [1.807, 2.05) is 25.1 Å². The Labute approximate surface area is 134 Å². The molecule has 0 N–H and O–H groups in total. The molecular weight excluding hydrogens is 300 g/mol. The van der Waals surface area contributed by atoms with E-state index in [9.17, 15) is 13.7 Å². The second-order valence-corrected chi connectivity index (χ2v) is 7.20. The first kappa shape index (κ1) is 20.4. The third-order valence-corrected chi connectivity index (χ3v) is 5.47. The Bertz CT molecular complexity index is 505. The van der Waals surface area contributed by atoms with Crippen LogP contribution in [-0.4, -0.2) is 31.1 Å². The van der Waals surface area contributed by atoms with Gasteiger partial charge in [-0.05, 0) is 19.3 Å². The molecular formula is C15H24N4O2S. The Balaban J connectivity index is 4.91. The first-order valence-electron chi connectivity index (χ1n) is 7.67. The average Bonchev–Trinajstić information content (AvgIpc) is 2.50. The van der Waals surface area contributed by atoms with E-state index in [0.717, 1.165) is 12.8 Å². The van der Waals surface area contributed by atoms with E-state index in [4.69, 9.17) is 10.5 Å². The molecule has 6 nitrogen and oxygen atoms in total. The minimum Gasteiger partial charge on any atom is -0.211 e. The van der Waals surface area contributed by atoms with Crippen LogP contribution in [0.3, 0.4) is 0 Å². The highest BCUT2D eigenvalue weighted by Gasteiger charge is 2.31. The van der Waals surface area contributed by atoms with Gasteiger partial charge in [-0.3, -0.25) is 0 Å². The Morgan fingerprint density at radius 3 is 1.91 bits per heavy atom. The number of rotatable bonds is 12. The summed E-state index contributed by atoms with van der Waals surface area (Å²) in [6.07, 6.45) is 4.33. The van der Waals surface area contributed by atoms with Gasteiger partial charge in [0, 0.05) is 25.9 Å². The normalized spacial score (nSPS) is 12.3. The minimum absolute atomic E-state index is 0.229. The van der Waals surface area contributed by atoms with E-state index >= 15 is 0 Å². The Morgan fingerprint density at radius 1 is 0.955 bits per heavy atom. The van der Waals surface area contributed by atoms with Crippen molar-refractivity contribution in [3.05, 3.63) is 0 Å². The van der Waals surface area contributed by atoms with Gasteiger partial charge in [0.1, 0.15) is 0 Å². The van der Waals surface area contributed by atoms with Crippen molar-refractivity contribution >= 4 is 10.0 Å². The summed E-state index contributed by atoms with van der Waals surface area (Å²) in [6, 6.07) is 5.88. The first-order chi connectivity index (χ1) is 10.5.